The standard InChI is InChI=1S/C15H21F2NO/c1-10(11-5-6-12(16)13(17)8-11)18-14-4-3-7-15(14,2)9-19/h5-6,8,10,14,18-19H,3-4,7,9H2,1-2H3. The van der Waals surface area contributed by atoms with Gasteiger partial charge in [0, 0.05) is 24.1 Å². The van der Waals surface area contributed by atoms with Gasteiger partial charge in [0.25, 0.3) is 0 Å². The van der Waals surface area contributed by atoms with Gasteiger partial charge in [0.2, 0.25) is 0 Å². The molecule has 3 unspecified atom stereocenters. The summed E-state index contributed by atoms with van der Waals surface area (Å²) in [6.07, 6.45) is 3.08. The van der Waals surface area contributed by atoms with E-state index in [2.05, 4.69) is 12.2 Å². The maximum Gasteiger partial charge on any atom is 0.159 e. The normalized spacial score (nSPS) is 28.6. The zero-order valence-electron chi connectivity index (χ0n) is 11.4. The highest BCUT2D eigenvalue weighted by molar-refractivity contribution is 5.21. The Morgan fingerprint density at radius 1 is 1.42 bits per heavy atom. The number of aliphatic hydroxyl groups is 1. The van der Waals surface area contributed by atoms with Gasteiger partial charge in [0.1, 0.15) is 0 Å². The van der Waals surface area contributed by atoms with Gasteiger partial charge < -0.3 is 10.4 Å². The van der Waals surface area contributed by atoms with Gasteiger partial charge in [0.05, 0.1) is 0 Å². The number of halogens is 2. The second-order valence-corrected chi connectivity index (χ2v) is 5.82. The van der Waals surface area contributed by atoms with Crippen LogP contribution in [0.15, 0.2) is 18.2 Å². The van der Waals surface area contributed by atoms with Crippen molar-refractivity contribution >= 4 is 0 Å². The summed E-state index contributed by atoms with van der Waals surface area (Å²) in [6.45, 7) is 4.15. The van der Waals surface area contributed by atoms with E-state index >= 15 is 0 Å². The van der Waals surface area contributed by atoms with Gasteiger partial charge in [0.15, 0.2) is 11.6 Å². The first-order valence-electron chi connectivity index (χ1n) is 6.78. The lowest BCUT2D eigenvalue weighted by Crippen LogP contribution is -2.42. The molecule has 0 saturated heterocycles. The lowest BCUT2D eigenvalue weighted by atomic mass is 9.85. The third-order valence-corrected chi connectivity index (χ3v) is 4.34. The van der Waals surface area contributed by atoms with Crippen molar-refractivity contribution in [1.29, 1.82) is 0 Å². The Balaban J connectivity index is 2.08. The average Bonchev–Trinajstić information content (AvgIpc) is 2.75. The fraction of sp³-hybridized carbons (Fsp3) is 0.600. The predicted octanol–water partition coefficient (Wildman–Crippen LogP) is 3.17. The van der Waals surface area contributed by atoms with Gasteiger partial charge in [-0.15, -0.1) is 0 Å². The smallest absolute Gasteiger partial charge is 0.159 e. The first-order valence-corrected chi connectivity index (χ1v) is 6.78. The molecule has 106 valence electrons. The number of benzene rings is 1. The highest BCUT2D eigenvalue weighted by atomic mass is 19.2. The summed E-state index contributed by atoms with van der Waals surface area (Å²) in [5, 5.41) is 12.9. The molecule has 0 aromatic heterocycles. The molecule has 1 aliphatic rings. The van der Waals surface area contributed by atoms with Gasteiger partial charge in [-0.3, -0.25) is 0 Å². The minimum Gasteiger partial charge on any atom is -0.396 e. The summed E-state index contributed by atoms with van der Waals surface area (Å²) in [4.78, 5) is 0. The molecule has 1 aromatic carbocycles. The molecule has 0 bridgehead atoms. The van der Waals surface area contributed by atoms with Gasteiger partial charge >= 0.3 is 0 Å². The van der Waals surface area contributed by atoms with Crippen molar-refractivity contribution in [2.75, 3.05) is 6.61 Å². The van der Waals surface area contributed by atoms with E-state index in [-0.39, 0.29) is 24.1 Å². The Labute approximate surface area is 112 Å². The Hall–Kier alpha value is -1.00. The summed E-state index contributed by atoms with van der Waals surface area (Å²) < 4.78 is 26.1. The van der Waals surface area contributed by atoms with Crippen LogP contribution in [0.5, 0.6) is 0 Å². The van der Waals surface area contributed by atoms with Crippen molar-refractivity contribution in [2.24, 2.45) is 5.41 Å². The van der Waals surface area contributed by atoms with Crippen molar-refractivity contribution in [3.05, 3.63) is 35.4 Å². The minimum absolute atomic E-state index is 0.0657. The first-order chi connectivity index (χ1) is 8.96. The van der Waals surface area contributed by atoms with Crippen LogP contribution in [-0.2, 0) is 0 Å². The molecule has 0 radical (unpaired) electrons. The van der Waals surface area contributed by atoms with Crippen LogP contribution in [-0.4, -0.2) is 17.8 Å². The Morgan fingerprint density at radius 3 is 2.79 bits per heavy atom. The van der Waals surface area contributed by atoms with Crippen molar-refractivity contribution < 1.29 is 13.9 Å². The molecule has 4 heteroatoms. The average molecular weight is 269 g/mol. The lowest BCUT2D eigenvalue weighted by molar-refractivity contribution is 0.114. The molecule has 3 atom stereocenters. The van der Waals surface area contributed by atoms with E-state index < -0.39 is 11.6 Å². The quantitative estimate of drug-likeness (QED) is 0.880. The molecule has 19 heavy (non-hydrogen) atoms. The van der Waals surface area contributed by atoms with E-state index in [9.17, 15) is 13.9 Å². The van der Waals surface area contributed by atoms with Crippen molar-refractivity contribution in [1.82, 2.24) is 5.32 Å². The molecule has 1 fully saturated rings. The molecule has 1 aromatic rings. The van der Waals surface area contributed by atoms with Crippen molar-refractivity contribution in [2.45, 2.75) is 45.2 Å². The second-order valence-electron chi connectivity index (χ2n) is 5.82. The van der Waals surface area contributed by atoms with Crippen LogP contribution in [0.2, 0.25) is 0 Å². The van der Waals surface area contributed by atoms with Crippen LogP contribution in [0.4, 0.5) is 8.78 Å². The van der Waals surface area contributed by atoms with Crippen LogP contribution < -0.4 is 5.32 Å². The molecule has 0 heterocycles. The summed E-state index contributed by atoms with van der Waals surface area (Å²) in [6, 6.07) is 4.13. The Kier molecular flexibility index (Phi) is 4.21. The van der Waals surface area contributed by atoms with Crippen molar-refractivity contribution in [3.8, 4) is 0 Å². The number of aliphatic hydroxyl groups excluding tert-OH is 1. The van der Waals surface area contributed by atoms with Gasteiger partial charge in [-0.25, -0.2) is 8.78 Å². The van der Waals surface area contributed by atoms with E-state index in [4.69, 9.17) is 0 Å². The predicted molar refractivity (Wildman–Crippen MR) is 70.7 cm³/mol. The third-order valence-electron chi connectivity index (χ3n) is 4.34. The highest BCUT2D eigenvalue weighted by Gasteiger charge is 2.38. The maximum absolute atomic E-state index is 13.2. The SMILES string of the molecule is CC(NC1CCCC1(C)CO)c1ccc(F)c(F)c1. The summed E-state index contributed by atoms with van der Waals surface area (Å²) in [5.41, 5.74) is 0.610. The van der Waals surface area contributed by atoms with Crippen LogP contribution >= 0.6 is 0 Å². The number of hydrogen-bond donors (Lipinski definition) is 2. The second kappa shape index (κ2) is 5.55. The molecule has 1 saturated carbocycles. The summed E-state index contributed by atoms with van der Waals surface area (Å²) >= 11 is 0. The van der Waals surface area contributed by atoms with Crippen LogP contribution in [0, 0.1) is 17.0 Å². The minimum atomic E-state index is -0.822. The zero-order chi connectivity index (χ0) is 14.0. The Bertz CT molecular complexity index is 452. The lowest BCUT2D eigenvalue weighted by Gasteiger charge is -2.32. The maximum atomic E-state index is 13.2. The third kappa shape index (κ3) is 2.95. The van der Waals surface area contributed by atoms with E-state index in [0.29, 0.717) is 0 Å². The highest BCUT2D eigenvalue weighted by Crippen LogP contribution is 2.38. The van der Waals surface area contributed by atoms with E-state index in [0.717, 1.165) is 30.9 Å². The van der Waals surface area contributed by atoms with E-state index in [1.807, 2.05) is 6.92 Å². The summed E-state index contributed by atoms with van der Waals surface area (Å²) in [7, 11) is 0. The van der Waals surface area contributed by atoms with Crippen LogP contribution in [0.3, 0.4) is 0 Å². The fourth-order valence-electron chi connectivity index (χ4n) is 2.89. The number of rotatable bonds is 4. The van der Waals surface area contributed by atoms with Gasteiger partial charge in [-0.1, -0.05) is 19.4 Å². The first kappa shape index (κ1) is 14.4. The monoisotopic (exact) mass is 269 g/mol. The molecular formula is C15H21F2NO. The molecule has 1 aliphatic carbocycles. The molecule has 2 nitrogen and oxygen atoms in total. The molecular weight excluding hydrogens is 248 g/mol. The summed E-state index contributed by atoms with van der Waals surface area (Å²) in [5.74, 6) is -1.64. The largest absolute Gasteiger partial charge is 0.396 e. The number of nitrogens with one attached hydrogen (secondary N) is 1. The van der Waals surface area contributed by atoms with E-state index in [1.165, 1.54) is 6.07 Å². The molecule has 2 N–H and O–H groups in total. The van der Waals surface area contributed by atoms with Crippen LogP contribution in [0.1, 0.15) is 44.7 Å². The van der Waals surface area contributed by atoms with Gasteiger partial charge in [-0.2, -0.15) is 0 Å². The van der Waals surface area contributed by atoms with Gasteiger partial charge in [-0.05, 0) is 37.5 Å². The topological polar surface area (TPSA) is 32.3 Å². The number of hydrogen-bond acceptors (Lipinski definition) is 2. The molecule has 2 rings (SSSR count). The molecule has 0 aliphatic heterocycles. The fourth-order valence-corrected chi connectivity index (χ4v) is 2.89. The Morgan fingerprint density at radius 2 is 2.16 bits per heavy atom. The van der Waals surface area contributed by atoms with Crippen LogP contribution in [0.25, 0.3) is 0 Å². The van der Waals surface area contributed by atoms with Crippen molar-refractivity contribution in [3.63, 3.8) is 0 Å². The molecule has 0 spiro atoms. The molecule has 0 amide bonds. The zero-order valence-corrected chi connectivity index (χ0v) is 11.4. The van der Waals surface area contributed by atoms with E-state index in [1.54, 1.807) is 6.07 Å².